The number of carbonyl (C=O) groups is 1. The van der Waals surface area contributed by atoms with E-state index in [1.54, 1.807) is 20.3 Å². The molecule has 6 nitrogen and oxygen atoms in total. The van der Waals surface area contributed by atoms with Gasteiger partial charge in [0.1, 0.15) is 5.75 Å². The summed E-state index contributed by atoms with van der Waals surface area (Å²) in [6.07, 6.45) is 0.876. The molecule has 142 valence electrons. The number of halogens is 1. The fourth-order valence-electron chi connectivity index (χ4n) is 2.46. The number of amides is 1. The molecule has 1 amide bonds. The van der Waals surface area contributed by atoms with E-state index in [0.717, 1.165) is 24.3 Å². The van der Waals surface area contributed by atoms with E-state index in [-0.39, 0.29) is 19.0 Å². The smallest absolute Gasteiger partial charge is 0.255 e. The third-order valence-electron chi connectivity index (χ3n) is 3.69. The van der Waals surface area contributed by atoms with Crippen LogP contribution in [0.1, 0.15) is 11.1 Å². The standard InChI is InChI=1S/C19H24N2O4.ClH/c1-23-16-6-4-3-5-15(16)9-10-21-12-14-7-8-17(18(11-14)24-2)25-13-19(20)22;/h3-8,11,21H,9-10,12-13H2,1-2H3,(H2,20,22);1H. The van der Waals surface area contributed by atoms with Crippen LogP contribution in [0.2, 0.25) is 0 Å². The fourth-order valence-corrected chi connectivity index (χ4v) is 2.46. The molecule has 0 saturated heterocycles. The molecule has 2 aromatic carbocycles. The van der Waals surface area contributed by atoms with Crippen LogP contribution in [0.4, 0.5) is 0 Å². The Morgan fingerprint density at radius 3 is 2.46 bits per heavy atom. The third-order valence-corrected chi connectivity index (χ3v) is 3.69. The third kappa shape index (κ3) is 6.46. The Bertz CT molecular complexity index is 710. The van der Waals surface area contributed by atoms with Crippen molar-refractivity contribution in [3.8, 4) is 17.2 Å². The highest BCUT2D eigenvalue weighted by molar-refractivity contribution is 5.85. The first-order valence-corrected chi connectivity index (χ1v) is 8.04. The predicted octanol–water partition coefficient (Wildman–Crippen LogP) is 2.32. The second-order valence-corrected chi connectivity index (χ2v) is 5.48. The van der Waals surface area contributed by atoms with Gasteiger partial charge in [0.05, 0.1) is 14.2 Å². The minimum absolute atomic E-state index is 0. The van der Waals surface area contributed by atoms with Gasteiger partial charge >= 0.3 is 0 Å². The molecule has 0 spiro atoms. The van der Waals surface area contributed by atoms with Gasteiger partial charge in [-0.2, -0.15) is 0 Å². The first kappa shape index (κ1) is 21.6. The average molecular weight is 381 g/mol. The average Bonchev–Trinajstić information content (AvgIpc) is 2.64. The van der Waals surface area contributed by atoms with Crippen molar-refractivity contribution in [2.24, 2.45) is 5.73 Å². The van der Waals surface area contributed by atoms with Crippen LogP contribution in [-0.4, -0.2) is 33.3 Å². The number of carbonyl (C=O) groups excluding carboxylic acids is 1. The van der Waals surface area contributed by atoms with Crippen LogP contribution in [0, 0.1) is 0 Å². The first-order chi connectivity index (χ1) is 12.1. The number of methoxy groups -OCH3 is 2. The van der Waals surface area contributed by atoms with E-state index in [4.69, 9.17) is 19.9 Å². The molecule has 0 unspecified atom stereocenters. The van der Waals surface area contributed by atoms with Crippen molar-refractivity contribution < 1.29 is 19.0 Å². The summed E-state index contributed by atoms with van der Waals surface area (Å²) in [5, 5.41) is 3.40. The molecular formula is C19H25ClN2O4. The Morgan fingerprint density at radius 1 is 1.04 bits per heavy atom. The molecule has 0 atom stereocenters. The maximum Gasteiger partial charge on any atom is 0.255 e. The summed E-state index contributed by atoms with van der Waals surface area (Å²) in [7, 11) is 3.24. The first-order valence-electron chi connectivity index (χ1n) is 8.04. The van der Waals surface area contributed by atoms with E-state index >= 15 is 0 Å². The molecule has 0 aliphatic rings. The number of nitrogens with one attached hydrogen (secondary N) is 1. The number of para-hydroxylation sites is 1. The van der Waals surface area contributed by atoms with Crippen LogP contribution < -0.4 is 25.3 Å². The van der Waals surface area contributed by atoms with Crippen molar-refractivity contribution in [1.82, 2.24) is 5.32 Å². The summed E-state index contributed by atoms with van der Waals surface area (Å²) >= 11 is 0. The Labute approximate surface area is 160 Å². The molecule has 0 radical (unpaired) electrons. The molecule has 0 bridgehead atoms. The van der Waals surface area contributed by atoms with Crippen LogP contribution in [0.5, 0.6) is 17.2 Å². The fraction of sp³-hybridized carbons (Fsp3) is 0.316. The molecule has 0 saturated carbocycles. The molecule has 0 fully saturated rings. The van der Waals surface area contributed by atoms with Gasteiger partial charge in [0.2, 0.25) is 0 Å². The lowest BCUT2D eigenvalue weighted by molar-refractivity contribution is -0.119. The van der Waals surface area contributed by atoms with E-state index in [0.29, 0.717) is 18.0 Å². The van der Waals surface area contributed by atoms with Crippen LogP contribution in [0.3, 0.4) is 0 Å². The monoisotopic (exact) mass is 380 g/mol. The van der Waals surface area contributed by atoms with Crippen LogP contribution in [-0.2, 0) is 17.8 Å². The molecule has 0 aromatic heterocycles. The van der Waals surface area contributed by atoms with Crippen molar-refractivity contribution in [3.05, 3.63) is 53.6 Å². The lowest BCUT2D eigenvalue weighted by Crippen LogP contribution is -2.20. The van der Waals surface area contributed by atoms with Crippen LogP contribution in [0.15, 0.2) is 42.5 Å². The van der Waals surface area contributed by atoms with Crippen molar-refractivity contribution in [3.63, 3.8) is 0 Å². The summed E-state index contributed by atoms with van der Waals surface area (Å²) in [4.78, 5) is 10.8. The topological polar surface area (TPSA) is 82.8 Å². The lowest BCUT2D eigenvalue weighted by atomic mass is 10.1. The number of nitrogens with two attached hydrogens (primary N) is 1. The van der Waals surface area contributed by atoms with Gasteiger partial charge in [-0.15, -0.1) is 12.4 Å². The van der Waals surface area contributed by atoms with Gasteiger partial charge in [-0.25, -0.2) is 0 Å². The zero-order valence-corrected chi connectivity index (χ0v) is 15.8. The molecule has 0 aliphatic heterocycles. The van der Waals surface area contributed by atoms with E-state index < -0.39 is 5.91 Å². The van der Waals surface area contributed by atoms with Gasteiger partial charge in [0.25, 0.3) is 5.91 Å². The normalized spacial score (nSPS) is 9.92. The Kier molecular flexibility index (Phi) is 9.33. The van der Waals surface area contributed by atoms with Crippen molar-refractivity contribution in [1.29, 1.82) is 0 Å². The van der Waals surface area contributed by atoms with Gasteiger partial charge in [-0.3, -0.25) is 4.79 Å². The minimum atomic E-state index is -0.524. The van der Waals surface area contributed by atoms with E-state index in [2.05, 4.69) is 11.4 Å². The highest BCUT2D eigenvalue weighted by Crippen LogP contribution is 2.28. The number of primary amides is 1. The van der Waals surface area contributed by atoms with Gasteiger partial charge < -0.3 is 25.3 Å². The zero-order valence-electron chi connectivity index (χ0n) is 15.0. The predicted molar refractivity (Wildman–Crippen MR) is 103 cm³/mol. The largest absolute Gasteiger partial charge is 0.496 e. The summed E-state index contributed by atoms with van der Waals surface area (Å²) in [5.41, 5.74) is 7.32. The highest BCUT2D eigenvalue weighted by Gasteiger charge is 2.07. The Hall–Kier alpha value is -2.44. The summed E-state index contributed by atoms with van der Waals surface area (Å²) in [6.45, 7) is 1.34. The Morgan fingerprint density at radius 2 is 1.77 bits per heavy atom. The van der Waals surface area contributed by atoms with E-state index in [1.165, 1.54) is 5.56 Å². The molecular weight excluding hydrogens is 356 g/mol. The minimum Gasteiger partial charge on any atom is -0.496 e. The molecule has 2 rings (SSSR count). The van der Waals surface area contributed by atoms with Crippen molar-refractivity contribution in [2.75, 3.05) is 27.4 Å². The second-order valence-electron chi connectivity index (χ2n) is 5.48. The molecule has 0 aliphatic carbocycles. The number of rotatable bonds is 10. The quantitative estimate of drug-likeness (QED) is 0.618. The van der Waals surface area contributed by atoms with E-state index in [1.807, 2.05) is 30.3 Å². The highest BCUT2D eigenvalue weighted by atomic mass is 35.5. The summed E-state index contributed by atoms with van der Waals surface area (Å²) < 4.78 is 16.0. The number of hydrogen-bond donors (Lipinski definition) is 2. The zero-order chi connectivity index (χ0) is 18.1. The number of ether oxygens (including phenoxy) is 3. The number of hydrogen-bond acceptors (Lipinski definition) is 5. The van der Waals surface area contributed by atoms with Crippen LogP contribution in [0.25, 0.3) is 0 Å². The van der Waals surface area contributed by atoms with E-state index in [9.17, 15) is 4.79 Å². The summed E-state index contributed by atoms with van der Waals surface area (Å²) in [5.74, 6) is 1.45. The molecule has 3 N–H and O–H groups in total. The molecule has 0 heterocycles. The Balaban J connectivity index is 0.00000338. The SMILES string of the molecule is COc1ccccc1CCNCc1ccc(OCC(N)=O)c(OC)c1.Cl. The molecule has 2 aromatic rings. The van der Waals surface area contributed by atoms with Gasteiger partial charge in [-0.1, -0.05) is 24.3 Å². The molecule has 26 heavy (non-hydrogen) atoms. The number of benzene rings is 2. The van der Waals surface area contributed by atoms with Crippen LogP contribution >= 0.6 is 12.4 Å². The van der Waals surface area contributed by atoms with Gasteiger partial charge in [0, 0.05) is 6.54 Å². The molecule has 7 heteroatoms. The van der Waals surface area contributed by atoms with Crippen molar-refractivity contribution in [2.45, 2.75) is 13.0 Å². The summed E-state index contributed by atoms with van der Waals surface area (Å²) in [6, 6.07) is 13.6. The van der Waals surface area contributed by atoms with Gasteiger partial charge in [0.15, 0.2) is 18.1 Å². The lowest BCUT2D eigenvalue weighted by Gasteiger charge is -2.12. The second kappa shape index (κ2) is 11.2. The van der Waals surface area contributed by atoms with Crippen molar-refractivity contribution >= 4 is 18.3 Å². The maximum absolute atomic E-state index is 10.8. The maximum atomic E-state index is 10.8. The van der Waals surface area contributed by atoms with Gasteiger partial charge in [-0.05, 0) is 42.3 Å².